The number of allylic oxidation sites excluding steroid dienone is 1. The van der Waals surface area contributed by atoms with Crippen LogP contribution in [0.3, 0.4) is 0 Å². The van der Waals surface area contributed by atoms with Gasteiger partial charge in [-0.2, -0.15) is 0 Å². The molecule has 1 fully saturated rings. The fourth-order valence-corrected chi connectivity index (χ4v) is 8.26. The molecule has 0 radical (unpaired) electrons. The van der Waals surface area contributed by atoms with Crippen LogP contribution in [0.15, 0.2) is 12.2 Å². The van der Waals surface area contributed by atoms with Crippen LogP contribution in [-0.4, -0.2) is 148 Å². The summed E-state index contributed by atoms with van der Waals surface area (Å²) in [4.78, 5) is 138. The zero-order chi connectivity index (χ0) is 59.5. The highest BCUT2D eigenvalue weighted by Crippen LogP contribution is 2.25. The second-order valence-corrected chi connectivity index (χ2v) is 24.4. The minimum atomic E-state index is -1.76. The topological polar surface area (TPSA) is 328 Å². The third kappa shape index (κ3) is 23.5. The second kappa shape index (κ2) is 31.1. The Labute approximate surface area is 458 Å². The summed E-state index contributed by atoms with van der Waals surface area (Å²) >= 11 is 0. The van der Waals surface area contributed by atoms with E-state index in [0.29, 0.717) is 13.0 Å². The molecule has 0 unspecified atom stereocenters. The monoisotopic (exact) mass is 1090 g/mol. The van der Waals surface area contributed by atoms with Gasteiger partial charge in [0, 0.05) is 32.1 Å². The van der Waals surface area contributed by atoms with Crippen molar-refractivity contribution in [2.75, 3.05) is 19.6 Å². The Morgan fingerprint density at radius 2 is 1.10 bits per heavy atom. The van der Waals surface area contributed by atoms with Crippen molar-refractivity contribution in [3.63, 3.8) is 0 Å². The summed E-state index contributed by atoms with van der Waals surface area (Å²) in [6.45, 7) is 31.2. The molecule has 22 heteroatoms. The van der Waals surface area contributed by atoms with Gasteiger partial charge >= 0.3 is 0 Å². The molecule has 440 valence electrons. The molecule has 0 saturated carbocycles. The number of aliphatic hydroxyl groups excluding tert-OH is 1. The molecule has 10 amide bonds. The molecular weight excluding hydrogens is 991 g/mol. The lowest BCUT2D eigenvalue weighted by Crippen LogP contribution is -2.66. The van der Waals surface area contributed by atoms with Crippen molar-refractivity contribution in [1.82, 2.24) is 52.8 Å². The van der Waals surface area contributed by atoms with Crippen LogP contribution >= 0.6 is 0 Å². The SMILES string of the molecule is CC[C@@H](C)/C=C/C(=O)N1C[C@@H](C)C[C@H]1C(=O)N[C@H](CC(C)C)C(=O)N[C@H](C(=O)NC(C)(C)C(=O)N[C@@H](CC(C)C)C(=O)N[C@H](CC(C)C)C(=O)NC(C)(C)C(=O)NC(C)(C)C(=O)NCCC(=O)N[C@@H](C)CN)[C@H](O)C(C)C. The number of rotatable bonds is 31. The van der Waals surface area contributed by atoms with E-state index in [1.807, 2.05) is 68.4 Å². The highest BCUT2D eigenvalue weighted by molar-refractivity contribution is 6.00. The Balaban J connectivity index is 3.30. The maximum atomic E-state index is 14.2. The van der Waals surface area contributed by atoms with Crippen molar-refractivity contribution in [3.05, 3.63) is 12.2 Å². The second-order valence-electron chi connectivity index (χ2n) is 24.4. The Morgan fingerprint density at radius 3 is 1.61 bits per heavy atom. The number of nitrogens with zero attached hydrogens (tertiary/aromatic N) is 1. The molecule has 1 saturated heterocycles. The first-order chi connectivity index (χ1) is 35.4. The van der Waals surface area contributed by atoms with Crippen molar-refractivity contribution in [2.45, 2.75) is 222 Å². The lowest BCUT2D eigenvalue weighted by Gasteiger charge is -2.34. The molecule has 0 aromatic rings. The van der Waals surface area contributed by atoms with Crippen LogP contribution in [0.4, 0.5) is 0 Å². The number of carbonyl (C=O) groups excluding carboxylic acids is 10. The molecule has 9 atom stereocenters. The van der Waals surface area contributed by atoms with Gasteiger partial charge in [-0.25, -0.2) is 0 Å². The van der Waals surface area contributed by atoms with Gasteiger partial charge < -0.3 is 63.6 Å². The van der Waals surface area contributed by atoms with Gasteiger partial charge in [0.15, 0.2) is 0 Å². The molecule has 0 aromatic heterocycles. The van der Waals surface area contributed by atoms with Crippen LogP contribution in [0.5, 0.6) is 0 Å². The lowest BCUT2D eigenvalue weighted by molar-refractivity contribution is -0.140. The largest absolute Gasteiger partial charge is 0.390 e. The molecule has 1 heterocycles. The van der Waals surface area contributed by atoms with Crippen LogP contribution in [-0.2, 0) is 47.9 Å². The van der Waals surface area contributed by atoms with E-state index in [1.165, 1.54) is 52.5 Å². The number of hydrogen-bond donors (Lipinski definition) is 11. The molecule has 0 bridgehead atoms. The molecule has 12 N–H and O–H groups in total. The average Bonchev–Trinajstić information content (AvgIpc) is 3.71. The molecule has 0 spiro atoms. The highest BCUT2D eigenvalue weighted by atomic mass is 16.3. The van der Waals surface area contributed by atoms with Crippen molar-refractivity contribution < 1.29 is 53.1 Å². The van der Waals surface area contributed by atoms with Gasteiger partial charge in [-0.05, 0) is 116 Å². The first kappa shape index (κ1) is 69.4. The summed E-state index contributed by atoms with van der Waals surface area (Å²) in [5.74, 6) is -7.11. The van der Waals surface area contributed by atoms with Crippen LogP contribution in [0.25, 0.3) is 0 Å². The number of likely N-dealkylation sites (tertiary alicyclic amines) is 1. The first-order valence-corrected chi connectivity index (χ1v) is 27.5. The van der Waals surface area contributed by atoms with E-state index in [0.717, 1.165) is 6.42 Å². The summed E-state index contributed by atoms with van der Waals surface area (Å²) < 4.78 is 0. The van der Waals surface area contributed by atoms with Gasteiger partial charge in [-0.3, -0.25) is 47.9 Å². The number of aliphatic hydroxyl groups is 1. The fraction of sp³-hybridized carbons (Fsp3) is 0.782. The summed E-state index contributed by atoms with van der Waals surface area (Å²) in [5, 5.41) is 35.6. The first-order valence-electron chi connectivity index (χ1n) is 27.5. The molecule has 1 aliphatic rings. The van der Waals surface area contributed by atoms with Crippen molar-refractivity contribution in [3.8, 4) is 0 Å². The quantitative estimate of drug-likeness (QED) is 0.0441. The van der Waals surface area contributed by atoms with E-state index in [-0.39, 0.29) is 86.2 Å². The minimum Gasteiger partial charge on any atom is -0.390 e. The van der Waals surface area contributed by atoms with Crippen LogP contribution in [0.2, 0.25) is 0 Å². The van der Waals surface area contributed by atoms with Crippen molar-refractivity contribution >= 4 is 59.1 Å². The van der Waals surface area contributed by atoms with Gasteiger partial charge in [0.25, 0.3) is 0 Å². The van der Waals surface area contributed by atoms with Crippen LogP contribution in [0, 0.1) is 35.5 Å². The van der Waals surface area contributed by atoms with Crippen molar-refractivity contribution in [1.29, 1.82) is 0 Å². The van der Waals surface area contributed by atoms with Crippen LogP contribution in [0.1, 0.15) is 163 Å². The Kier molecular flexibility index (Phi) is 28.0. The maximum Gasteiger partial charge on any atom is 0.246 e. The van der Waals surface area contributed by atoms with Gasteiger partial charge in [-0.1, -0.05) is 88.7 Å². The summed E-state index contributed by atoms with van der Waals surface area (Å²) in [7, 11) is 0. The number of amides is 10. The zero-order valence-electron chi connectivity index (χ0n) is 49.6. The molecule has 0 aliphatic carbocycles. The third-order valence-electron chi connectivity index (χ3n) is 13.3. The van der Waals surface area contributed by atoms with E-state index in [4.69, 9.17) is 5.73 Å². The maximum absolute atomic E-state index is 14.2. The lowest BCUT2D eigenvalue weighted by atomic mass is 9.95. The Bertz CT molecular complexity index is 2070. The molecule has 0 aromatic carbocycles. The smallest absolute Gasteiger partial charge is 0.246 e. The van der Waals surface area contributed by atoms with E-state index in [2.05, 4.69) is 47.9 Å². The van der Waals surface area contributed by atoms with E-state index < -0.39 is 106 Å². The predicted molar refractivity (Wildman–Crippen MR) is 296 cm³/mol. The van der Waals surface area contributed by atoms with E-state index in [1.54, 1.807) is 20.8 Å². The summed E-state index contributed by atoms with van der Waals surface area (Å²) in [6, 6.07) is -6.26. The highest BCUT2D eigenvalue weighted by Gasteiger charge is 2.43. The fourth-order valence-electron chi connectivity index (χ4n) is 8.26. The molecule has 22 nitrogen and oxygen atoms in total. The number of nitrogens with two attached hydrogens (primary N) is 1. The number of hydrogen-bond acceptors (Lipinski definition) is 12. The summed E-state index contributed by atoms with van der Waals surface area (Å²) in [6.07, 6.45) is 3.44. The summed E-state index contributed by atoms with van der Waals surface area (Å²) in [5.41, 5.74) is 0.719. The molecule has 1 rings (SSSR count). The number of nitrogens with one attached hydrogen (secondary N) is 9. The van der Waals surface area contributed by atoms with Gasteiger partial charge in [0.1, 0.15) is 46.8 Å². The number of carbonyl (C=O) groups is 10. The standard InChI is InChI=1S/C55H99N11O11/c1-19-34(10)20-21-42(68)66-29-35(11)27-40(66)48(73)60-37(24-30(2)3)46(71)62-43(44(69)33(8)9)49(74)64-54(15,16)51(76)61-38(25-31(4)5)45(70)59-39(26-32(6)7)47(72)63-55(17,18)52(77)65-53(13,14)50(75)57-23-22-41(67)58-36(12)28-56/h20-21,30-40,43-44,69H,19,22-29,56H2,1-18H3,(H,57,75)(H,58,67)(H,59,70)(H,60,73)(H,61,76)(H,62,71)(H,63,72)(H,64,74)(H,65,77)/b21-20+/t34-,35+,36+,37-,38+,39-,40+,43+,44-/m1/s1. The van der Waals surface area contributed by atoms with Gasteiger partial charge in [0.05, 0.1) is 6.10 Å². The minimum absolute atomic E-state index is 0.00338. The zero-order valence-corrected chi connectivity index (χ0v) is 49.6. The molecule has 77 heavy (non-hydrogen) atoms. The van der Waals surface area contributed by atoms with Crippen molar-refractivity contribution in [2.24, 2.45) is 41.2 Å². The average molecular weight is 1090 g/mol. The van der Waals surface area contributed by atoms with Gasteiger partial charge in [-0.15, -0.1) is 0 Å². The van der Waals surface area contributed by atoms with E-state index >= 15 is 0 Å². The van der Waals surface area contributed by atoms with Gasteiger partial charge in [0.2, 0.25) is 59.1 Å². The molecular formula is C55H99N11O11. The Hall–Kier alpha value is -5.64. The molecule has 1 aliphatic heterocycles. The van der Waals surface area contributed by atoms with Crippen LogP contribution < -0.4 is 53.6 Å². The van der Waals surface area contributed by atoms with E-state index in [9.17, 15) is 53.1 Å². The normalized spacial score (nSPS) is 17.9. The Morgan fingerprint density at radius 1 is 0.623 bits per heavy atom. The third-order valence-corrected chi connectivity index (χ3v) is 13.3. The predicted octanol–water partition coefficient (Wildman–Crippen LogP) is 1.57.